The van der Waals surface area contributed by atoms with Crippen molar-refractivity contribution < 1.29 is 9.59 Å². The minimum Gasteiger partial charge on any atom is -0.326 e. The summed E-state index contributed by atoms with van der Waals surface area (Å²) in [5.41, 5.74) is 5.56. The molecule has 0 aromatic heterocycles. The van der Waals surface area contributed by atoms with Gasteiger partial charge in [0.2, 0.25) is 5.91 Å². The second-order valence-electron chi connectivity index (χ2n) is 5.59. The van der Waals surface area contributed by atoms with Crippen LogP contribution >= 0.6 is 0 Å². The molecule has 0 unspecified atom stereocenters. The van der Waals surface area contributed by atoms with Crippen LogP contribution in [0.2, 0.25) is 0 Å². The third-order valence-corrected chi connectivity index (χ3v) is 3.64. The molecule has 0 radical (unpaired) electrons. The fraction of sp³-hybridized carbons (Fsp3) is 0.250. The molecule has 2 N–H and O–H groups in total. The van der Waals surface area contributed by atoms with Gasteiger partial charge in [-0.15, -0.1) is 0 Å². The summed E-state index contributed by atoms with van der Waals surface area (Å²) in [5.74, 6) is -0.312. The molecule has 5 nitrogen and oxygen atoms in total. The first kappa shape index (κ1) is 18.4. The maximum atomic E-state index is 12.2. The van der Waals surface area contributed by atoms with E-state index in [2.05, 4.69) is 15.8 Å². The first-order valence-electron chi connectivity index (χ1n) is 8.46. The molecule has 0 saturated carbocycles. The molecule has 25 heavy (non-hydrogen) atoms. The minimum atomic E-state index is -0.284. The number of benzene rings is 2. The largest absolute Gasteiger partial charge is 0.326 e. The molecule has 130 valence electrons. The minimum absolute atomic E-state index is 0.0280. The quantitative estimate of drug-likeness (QED) is 0.593. The molecular weight excluding hydrogens is 314 g/mol. The smallest absolute Gasteiger partial charge is 0.271 e. The SMILES string of the molecule is CCCC(=O)Nc1ccc(C(=O)N/N=C(\CC)c2ccccc2)cc1. The van der Waals surface area contributed by atoms with Crippen LogP contribution in [0.15, 0.2) is 59.7 Å². The number of nitrogens with zero attached hydrogens (tertiary/aromatic N) is 1. The van der Waals surface area contributed by atoms with Crippen molar-refractivity contribution in [2.45, 2.75) is 33.1 Å². The van der Waals surface area contributed by atoms with Gasteiger partial charge < -0.3 is 5.32 Å². The lowest BCUT2D eigenvalue weighted by Crippen LogP contribution is -2.20. The predicted molar refractivity (Wildman–Crippen MR) is 101 cm³/mol. The van der Waals surface area contributed by atoms with Crippen LogP contribution in [0.25, 0.3) is 0 Å². The molecule has 0 aliphatic heterocycles. The summed E-state index contributed by atoms with van der Waals surface area (Å²) >= 11 is 0. The highest BCUT2D eigenvalue weighted by Gasteiger charge is 2.07. The number of hydrogen-bond acceptors (Lipinski definition) is 3. The lowest BCUT2D eigenvalue weighted by atomic mass is 10.1. The van der Waals surface area contributed by atoms with Gasteiger partial charge in [-0.3, -0.25) is 9.59 Å². The Labute approximate surface area is 148 Å². The summed E-state index contributed by atoms with van der Waals surface area (Å²) in [6.45, 7) is 3.94. The van der Waals surface area contributed by atoms with Crippen molar-refractivity contribution in [1.29, 1.82) is 0 Å². The Morgan fingerprint density at radius 1 is 0.920 bits per heavy atom. The van der Waals surface area contributed by atoms with Gasteiger partial charge in [0.1, 0.15) is 0 Å². The molecule has 0 aliphatic rings. The average molecular weight is 337 g/mol. The Morgan fingerprint density at radius 2 is 1.60 bits per heavy atom. The number of amides is 2. The molecule has 2 aromatic carbocycles. The van der Waals surface area contributed by atoms with Gasteiger partial charge in [0, 0.05) is 17.7 Å². The zero-order chi connectivity index (χ0) is 18.1. The van der Waals surface area contributed by atoms with Crippen LogP contribution in [-0.4, -0.2) is 17.5 Å². The highest BCUT2D eigenvalue weighted by atomic mass is 16.2. The van der Waals surface area contributed by atoms with E-state index in [0.29, 0.717) is 24.1 Å². The lowest BCUT2D eigenvalue weighted by molar-refractivity contribution is -0.116. The van der Waals surface area contributed by atoms with E-state index < -0.39 is 0 Å². The summed E-state index contributed by atoms with van der Waals surface area (Å²) < 4.78 is 0. The zero-order valence-corrected chi connectivity index (χ0v) is 14.6. The Bertz CT molecular complexity index is 737. The molecule has 0 heterocycles. The summed E-state index contributed by atoms with van der Waals surface area (Å²) in [6, 6.07) is 16.5. The second kappa shape index (κ2) is 9.37. The van der Waals surface area contributed by atoms with E-state index in [0.717, 1.165) is 17.7 Å². The molecule has 0 aliphatic carbocycles. The highest BCUT2D eigenvalue weighted by molar-refractivity contribution is 6.02. The van der Waals surface area contributed by atoms with Crippen molar-refractivity contribution >= 4 is 23.2 Å². The van der Waals surface area contributed by atoms with Crippen molar-refractivity contribution in [3.8, 4) is 0 Å². The van der Waals surface area contributed by atoms with Crippen LogP contribution in [0.4, 0.5) is 5.69 Å². The maximum absolute atomic E-state index is 12.2. The summed E-state index contributed by atoms with van der Waals surface area (Å²) in [5, 5.41) is 7.02. The first-order chi connectivity index (χ1) is 12.1. The van der Waals surface area contributed by atoms with E-state index in [9.17, 15) is 9.59 Å². The average Bonchev–Trinajstić information content (AvgIpc) is 2.64. The van der Waals surface area contributed by atoms with Gasteiger partial charge in [0.15, 0.2) is 0 Å². The Hall–Kier alpha value is -2.95. The van der Waals surface area contributed by atoms with Gasteiger partial charge in [0.05, 0.1) is 5.71 Å². The lowest BCUT2D eigenvalue weighted by Gasteiger charge is -2.07. The highest BCUT2D eigenvalue weighted by Crippen LogP contribution is 2.10. The molecule has 0 bridgehead atoms. The van der Waals surface area contributed by atoms with E-state index >= 15 is 0 Å². The fourth-order valence-electron chi connectivity index (χ4n) is 2.32. The van der Waals surface area contributed by atoms with Crippen LogP contribution in [0.3, 0.4) is 0 Å². The number of carbonyl (C=O) groups is 2. The third-order valence-electron chi connectivity index (χ3n) is 3.64. The normalized spacial score (nSPS) is 11.0. The molecule has 2 amide bonds. The third kappa shape index (κ3) is 5.57. The van der Waals surface area contributed by atoms with Crippen LogP contribution < -0.4 is 10.7 Å². The van der Waals surface area contributed by atoms with Crippen LogP contribution in [0.5, 0.6) is 0 Å². The molecular formula is C20H23N3O2. The summed E-state index contributed by atoms with van der Waals surface area (Å²) in [7, 11) is 0. The van der Waals surface area contributed by atoms with Gasteiger partial charge in [-0.25, -0.2) is 5.43 Å². The zero-order valence-electron chi connectivity index (χ0n) is 14.6. The Morgan fingerprint density at radius 3 is 2.20 bits per heavy atom. The van der Waals surface area contributed by atoms with E-state index in [4.69, 9.17) is 0 Å². The molecule has 0 spiro atoms. The van der Waals surface area contributed by atoms with Gasteiger partial charge in [-0.2, -0.15) is 5.10 Å². The second-order valence-corrected chi connectivity index (χ2v) is 5.59. The van der Waals surface area contributed by atoms with Crippen molar-refractivity contribution in [2.75, 3.05) is 5.32 Å². The standard InChI is InChI=1S/C20H23N3O2/c1-3-8-19(24)21-17-13-11-16(12-14-17)20(25)23-22-18(4-2)15-9-6-5-7-10-15/h5-7,9-14H,3-4,8H2,1-2H3,(H,21,24)(H,23,25)/b22-18+. The van der Waals surface area contributed by atoms with Crippen LogP contribution in [-0.2, 0) is 4.79 Å². The van der Waals surface area contributed by atoms with Gasteiger partial charge in [0.25, 0.3) is 5.91 Å². The van der Waals surface area contributed by atoms with Gasteiger partial charge >= 0.3 is 0 Å². The van der Waals surface area contributed by atoms with Crippen molar-refractivity contribution in [3.63, 3.8) is 0 Å². The summed E-state index contributed by atoms with van der Waals surface area (Å²) in [4.78, 5) is 23.8. The predicted octanol–water partition coefficient (Wildman–Crippen LogP) is 3.97. The molecule has 0 fully saturated rings. The fourth-order valence-corrected chi connectivity index (χ4v) is 2.32. The van der Waals surface area contributed by atoms with Gasteiger partial charge in [-0.05, 0) is 42.7 Å². The summed E-state index contributed by atoms with van der Waals surface area (Å²) in [6.07, 6.45) is 1.99. The number of nitrogens with one attached hydrogen (secondary N) is 2. The van der Waals surface area contributed by atoms with Gasteiger partial charge in [-0.1, -0.05) is 44.2 Å². The van der Waals surface area contributed by atoms with Crippen LogP contribution in [0, 0.1) is 0 Å². The van der Waals surface area contributed by atoms with Crippen molar-refractivity contribution in [3.05, 3.63) is 65.7 Å². The number of hydrogen-bond donors (Lipinski definition) is 2. The van der Waals surface area contributed by atoms with Crippen molar-refractivity contribution in [2.24, 2.45) is 5.10 Å². The monoisotopic (exact) mass is 337 g/mol. The van der Waals surface area contributed by atoms with Crippen LogP contribution in [0.1, 0.15) is 49.0 Å². The topological polar surface area (TPSA) is 70.6 Å². The van der Waals surface area contributed by atoms with E-state index in [1.54, 1.807) is 24.3 Å². The van der Waals surface area contributed by atoms with E-state index in [-0.39, 0.29) is 11.8 Å². The number of carbonyl (C=O) groups excluding carboxylic acids is 2. The number of anilines is 1. The van der Waals surface area contributed by atoms with E-state index in [1.807, 2.05) is 44.2 Å². The molecule has 2 aromatic rings. The Balaban J connectivity index is 2.00. The van der Waals surface area contributed by atoms with Crippen molar-refractivity contribution in [1.82, 2.24) is 5.43 Å². The molecule has 2 rings (SSSR count). The number of rotatable bonds is 7. The maximum Gasteiger partial charge on any atom is 0.271 e. The van der Waals surface area contributed by atoms with E-state index in [1.165, 1.54) is 0 Å². The molecule has 0 saturated heterocycles. The molecule has 0 atom stereocenters. The Kier molecular flexibility index (Phi) is 6.89. The first-order valence-corrected chi connectivity index (χ1v) is 8.46. The number of hydrazone groups is 1. The molecule has 5 heteroatoms.